The van der Waals surface area contributed by atoms with E-state index in [1.807, 2.05) is 24.3 Å². The van der Waals surface area contributed by atoms with Crippen LogP contribution in [0.15, 0.2) is 24.3 Å². The second-order valence-corrected chi connectivity index (χ2v) is 3.90. The third-order valence-corrected chi connectivity index (χ3v) is 2.50. The van der Waals surface area contributed by atoms with E-state index in [1.165, 1.54) is 0 Å². The first kappa shape index (κ1) is 10.6. The lowest BCUT2D eigenvalue weighted by Crippen LogP contribution is -2.13. The number of terminal acetylenes is 1. The molecular formula is C13H14N2O. The van der Waals surface area contributed by atoms with E-state index in [2.05, 4.69) is 16.6 Å². The van der Waals surface area contributed by atoms with Crippen molar-refractivity contribution < 1.29 is 4.79 Å². The van der Waals surface area contributed by atoms with Gasteiger partial charge in [0.1, 0.15) is 0 Å². The Morgan fingerprint density at radius 2 is 1.94 bits per heavy atom. The van der Waals surface area contributed by atoms with Crippen LogP contribution in [0.2, 0.25) is 0 Å². The van der Waals surface area contributed by atoms with Crippen molar-refractivity contribution in [2.75, 3.05) is 17.2 Å². The zero-order chi connectivity index (χ0) is 11.4. The first-order valence-corrected chi connectivity index (χ1v) is 5.38. The standard InChI is InChI=1S/C13H14N2O/c1-2-9-14-11-5-7-12(8-6-11)15-13(16)10-3-4-10/h1,5-8,10,14H,3-4,9H2,(H,15,16). The lowest BCUT2D eigenvalue weighted by atomic mass is 10.2. The summed E-state index contributed by atoms with van der Waals surface area (Å²) in [6, 6.07) is 7.55. The molecule has 1 amide bonds. The zero-order valence-electron chi connectivity index (χ0n) is 8.99. The highest BCUT2D eigenvalue weighted by Gasteiger charge is 2.29. The Balaban J connectivity index is 1.91. The van der Waals surface area contributed by atoms with Crippen LogP contribution < -0.4 is 10.6 Å². The van der Waals surface area contributed by atoms with Crippen molar-refractivity contribution in [2.24, 2.45) is 5.92 Å². The van der Waals surface area contributed by atoms with Gasteiger partial charge in [0.15, 0.2) is 0 Å². The quantitative estimate of drug-likeness (QED) is 0.753. The first-order valence-electron chi connectivity index (χ1n) is 5.38. The monoisotopic (exact) mass is 214 g/mol. The van der Waals surface area contributed by atoms with Gasteiger partial charge in [-0.05, 0) is 37.1 Å². The summed E-state index contributed by atoms with van der Waals surface area (Å²) in [4.78, 5) is 11.5. The third kappa shape index (κ3) is 2.77. The number of anilines is 2. The molecule has 3 nitrogen and oxygen atoms in total. The summed E-state index contributed by atoms with van der Waals surface area (Å²) >= 11 is 0. The number of amides is 1. The average Bonchev–Trinajstić information content (AvgIpc) is 3.12. The Morgan fingerprint density at radius 1 is 1.31 bits per heavy atom. The van der Waals surface area contributed by atoms with Gasteiger partial charge < -0.3 is 10.6 Å². The number of hydrogen-bond acceptors (Lipinski definition) is 2. The van der Waals surface area contributed by atoms with E-state index in [0.717, 1.165) is 24.2 Å². The van der Waals surface area contributed by atoms with Crippen molar-refractivity contribution in [1.82, 2.24) is 0 Å². The van der Waals surface area contributed by atoms with E-state index in [4.69, 9.17) is 6.42 Å². The van der Waals surface area contributed by atoms with Gasteiger partial charge in [-0.3, -0.25) is 4.79 Å². The molecule has 1 aromatic carbocycles. The van der Waals surface area contributed by atoms with Crippen LogP contribution in [0, 0.1) is 18.3 Å². The van der Waals surface area contributed by atoms with Gasteiger partial charge in [-0.15, -0.1) is 6.42 Å². The average molecular weight is 214 g/mol. The Morgan fingerprint density at radius 3 is 2.50 bits per heavy atom. The normalized spacial score (nSPS) is 13.9. The molecule has 3 heteroatoms. The predicted molar refractivity (Wildman–Crippen MR) is 65.1 cm³/mol. The van der Waals surface area contributed by atoms with Gasteiger partial charge in [0, 0.05) is 17.3 Å². The van der Waals surface area contributed by atoms with E-state index < -0.39 is 0 Å². The molecule has 2 rings (SSSR count). The summed E-state index contributed by atoms with van der Waals surface area (Å²) in [5.41, 5.74) is 1.80. The molecule has 16 heavy (non-hydrogen) atoms. The molecular weight excluding hydrogens is 200 g/mol. The second-order valence-electron chi connectivity index (χ2n) is 3.90. The Kier molecular flexibility index (Phi) is 3.11. The molecule has 2 N–H and O–H groups in total. The summed E-state index contributed by atoms with van der Waals surface area (Å²) in [6.07, 6.45) is 7.19. The lowest BCUT2D eigenvalue weighted by Gasteiger charge is -2.06. The van der Waals surface area contributed by atoms with Crippen LogP contribution in [0.1, 0.15) is 12.8 Å². The lowest BCUT2D eigenvalue weighted by molar-refractivity contribution is -0.117. The number of nitrogens with one attached hydrogen (secondary N) is 2. The van der Waals surface area contributed by atoms with Gasteiger partial charge in [0.2, 0.25) is 5.91 Å². The van der Waals surface area contributed by atoms with E-state index in [9.17, 15) is 4.79 Å². The SMILES string of the molecule is C#CCNc1ccc(NC(=O)C2CC2)cc1. The Hall–Kier alpha value is -1.95. The van der Waals surface area contributed by atoms with Crippen LogP contribution in [-0.4, -0.2) is 12.5 Å². The highest BCUT2D eigenvalue weighted by Crippen LogP contribution is 2.30. The number of carbonyl (C=O) groups is 1. The summed E-state index contributed by atoms with van der Waals surface area (Å²) in [5.74, 6) is 2.87. The van der Waals surface area contributed by atoms with Crippen molar-refractivity contribution in [3.8, 4) is 12.3 Å². The molecule has 1 aliphatic rings. The number of rotatable bonds is 4. The molecule has 0 atom stereocenters. The van der Waals surface area contributed by atoms with Crippen molar-refractivity contribution in [3.05, 3.63) is 24.3 Å². The molecule has 0 unspecified atom stereocenters. The van der Waals surface area contributed by atoms with E-state index in [-0.39, 0.29) is 11.8 Å². The maximum Gasteiger partial charge on any atom is 0.227 e. The maximum atomic E-state index is 11.5. The van der Waals surface area contributed by atoms with Crippen LogP contribution in [0.4, 0.5) is 11.4 Å². The molecule has 1 saturated carbocycles. The third-order valence-electron chi connectivity index (χ3n) is 2.50. The molecule has 0 aliphatic heterocycles. The summed E-state index contributed by atoms with van der Waals surface area (Å²) < 4.78 is 0. The molecule has 82 valence electrons. The van der Waals surface area contributed by atoms with Crippen molar-refractivity contribution in [2.45, 2.75) is 12.8 Å². The van der Waals surface area contributed by atoms with Crippen LogP contribution in [-0.2, 0) is 4.79 Å². The van der Waals surface area contributed by atoms with Gasteiger partial charge in [0.05, 0.1) is 6.54 Å². The molecule has 0 bridgehead atoms. The predicted octanol–water partition coefficient (Wildman–Crippen LogP) is 2.08. The zero-order valence-corrected chi connectivity index (χ0v) is 8.99. The summed E-state index contributed by atoms with van der Waals surface area (Å²) in [7, 11) is 0. The van der Waals surface area contributed by atoms with Gasteiger partial charge in [-0.2, -0.15) is 0 Å². The highest BCUT2D eigenvalue weighted by molar-refractivity contribution is 5.94. The molecule has 0 spiro atoms. The number of carbonyl (C=O) groups excluding carboxylic acids is 1. The molecule has 0 aromatic heterocycles. The smallest absolute Gasteiger partial charge is 0.227 e. The van der Waals surface area contributed by atoms with Crippen molar-refractivity contribution >= 4 is 17.3 Å². The van der Waals surface area contributed by atoms with E-state index in [1.54, 1.807) is 0 Å². The van der Waals surface area contributed by atoms with Gasteiger partial charge in [-0.25, -0.2) is 0 Å². The first-order chi connectivity index (χ1) is 7.79. The van der Waals surface area contributed by atoms with Crippen LogP contribution >= 0.6 is 0 Å². The fraction of sp³-hybridized carbons (Fsp3) is 0.308. The van der Waals surface area contributed by atoms with Crippen molar-refractivity contribution in [3.63, 3.8) is 0 Å². The second kappa shape index (κ2) is 4.71. The molecule has 0 saturated heterocycles. The fourth-order valence-corrected chi connectivity index (χ4v) is 1.41. The van der Waals surface area contributed by atoms with Crippen LogP contribution in [0.3, 0.4) is 0 Å². The Labute approximate surface area is 95.2 Å². The maximum absolute atomic E-state index is 11.5. The van der Waals surface area contributed by atoms with E-state index in [0.29, 0.717) is 6.54 Å². The largest absolute Gasteiger partial charge is 0.374 e. The van der Waals surface area contributed by atoms with Gasteiger partial charge in [0.25, 0.3) is 0 Å². The molecule has 1 aromatic rings. The van der Waals surface area contributed by atoms with Crippen LogP contribution in [0.5, 0.6) is 0 Å². The topological polar surface area (TPSA) is 41.1 Å². The number of hydrogen-bond donors (Lipinski definition) is 2. The number of benzene rings is 1. The molecule has 0 radical (unpaired) electrons. The van der Waals surface area contributed by atoms with Gasteiger partial charge in [-0.1, -0.05) is 5.92 Å². The Bertz CT molecular complexity index is 413. The molecule has 0 heterocycles. The summed E-state index contributed by atoms with van der Waals surface area (Å²) in [6.45, 7) is 0.508. The molecule has 1 fully saturated rings. The highest BCUT2D eigenvalue weighted by atomic mass is 16.2. The van der Waals surface area contributed by atoms with Crippen LogP contribution in [0.25, 0.3) is 0 Å². The fourth-order valence-electron chi connectivity index (χ4n) is 1.41. The van der Waals surface area contributed by atoms with Crippen molar-refractivity contribution in [1.29, 1.82) is 0 Å². The summed E-state index contributed by atoms with van der Waals surface area (Å²) in [5, 5.41) is 5.94. The minimum Gasteiger partial charge on any atom is -0.374 e. The minimum atomic E-state index is 0.129. The van der Waals surface area contributed by atoms with Gasteiger partial charge >= 0.3 is 0 Å². The minimum absolute atomic E-state index is 0.129. The molecule has 1 aliphatic carbocycles. The van der Waals surface area contributed by atoms with E-state index >= 15 is 0 Å².